The molecular weight excluding hydrogens is 272 g/mol. The third kappa shape index (κ3) is 2.41. The summed E-state index contributed by atoms with van der Waals surface area (Å²) in [6.45, 7) is 0. The molecule has 0 fully saturated rings. The minimum atomic E-state index is -3.32. The molecule has 3 aromatic rings. The quantitative estimate of drug-likeness (QED) is 0.543. The van der Waals surface area contributed by atoms with Crippen LogP contribution in [0.2, 0.25) is 0 Å². The molecule has 0 aliphatic rings. The molecule has 0 N–H and O–H groups in total. The first-order valence-corrected chi connectivity index (χ1v) is 6.17. The molecule has 7 heteroatoms. The van der Waals surface area contributed by atoms with Crippen molar-refractivity contribution in [3.63, 3.8) is 0 Å². The van der Waals surface area contributed by atoms with Crippen molar-refractivity contribution in [2.24, 2.45) is 0 Å². The van der Waals surface area contributed by atoms with Crippen molar-refractivity contribution < 1.29 is 13.2 Å². The first kappa shape index (κ1) is 12.0. The molecule has 0 bridgehead atoms. The fourth-order valence-corrected chi connectivity index (χ4v) is 2.12. The van der Waals surface area contributed by atoms with E-state index < -0.39 is 11.1 Å². The highest BCUT2D eigenvalue weighted by atomic mass is 32.2. The van der Waals surface area contributed by atoms with Crippen molar-refractivity contribution in [3.8, 4) is 0 Å². The molecule has 96 valence electrons. The highest BCUT2D eigenvalue weighted by Gasteiger charge is 2.40. The van der Waals surface area contributed by atoms with Crippen molar-refractivity contribution in [2.45, 2.75) is 10.4 Å². The van der Waals surface area contributed by atoms with Gasteiger partial charge in [0.15, 0.2) is 10.7 Å². The molecule has 1 aromatic carbocycles. The normalized spacial score (nSPS) is 11.9. The van der Waals surface area contributed by atoms with Gasteiger partial charge in [0, 0.05) is 12.4 Å². The summed E-state index contributed by atoms with van der Waals surface area (Å²) in [6.07, 6.45) is 2.80. The number of rotatable bonds is 3. The van der Waals surface area contributed by atoms with Crippen LogP contribution in [0, 0.1) is 0 Å². The van der Waals surface area contributed by atoms with E-state index in [-0.39, 0.29) is 16.9 Å². The Kier molecular flexibility index (Phi) is 2.90. The topological polar surface area (TPSA) is 51.8 Å². The number of aromatic nitrogens is 3. The summed E-state index contributed by atoms with van der Waals surface area (Å²) in [5.41, 5.74) is 0.721. The molecule has 0 unspecified atom stereocenters. The number of oxazole rings is 1. The first-order valence-electron chi connectivity index (χ1n) is 5.35. The van der Waals surface area contributed by atoms with Crippen LogP contribution >= 0.6 is 11.8 Å². The standard InChI is InChI=1S/C12H7F2N3OS/c13-12(14,19-11-15-6-3-7-16-11)10-17-8-4-1-2-5-9(8)18-10/h1-7H. The summed E-state index contributed by atoms with van der Waals surface area (Å²) in [6, 6.07) is 8.17. The Morgan fingerprint density at radius 1 is 1.05 bits per heavy atom. The first-order chi connectivity index (χ1) is 9.15. The van der Waals surface area contributed by atoms with Gasteiger partial charge in [-0.2, -0.15) is 8.78 Å². The summed E-state index contributed by atoms with van der Waals surface area (Å²) in [7, 11) is 0. The number of nitrogens with zero attached hydrogens (tertiary/aromatic N) is 3. The van der Waals surface area contributed by atoms with E-state index in [1.54, 1.807) is 30.3 Å². The zero-order valence-electron chi connectivity index (χ0n) is 9.46. The van der Waals surface area contributed by atoms with E-state index in [2.05, 4.69) is 15.0 Å². The van der Waals surface area contributed by atoms with Gasteiger partial charge in [0.25, 0.3) is 5.89 Å². The second kappa shape index (κ2) is 4.58. The molecule has 0 saturated heterocycles. The Morgan fingerprint density at radius 3 is 2.53 bits per heavy atom. The zero-order chi connectivity index (χ0) is 13.3. The second-order valence-corrected chi connectivity index (χ2v) is 4.72. The summed E-state index contributed by atoms with van der Waals surface area (Å²) >= 11 is 0.202. The summed E-state index contributed by atoms with van der Waals surface area (Å²) in [4.78, 5) is 11.3. The summed E-state index contributed by atoms with van der Waals surface area (Å²) < 4.78 is 33.1. The van der Waals surface area contributed by atoms with Gasteiger partial charge < -0.3 is 4.42 Å². The monoisotopic (exact) mass is 279 g/mol. The van der Waals surface area contributed by atoms with E-state index in [1.165, 1.54) is 12.4 Å². The van der Waals surface area contributed by atoms with Gasteiger partial charge in [-0.25, -0.2) is 15.0 Å². The van der Waals surface area contributed by atoms with E-state index in [0.29, 0.717) is 11.1 Å². The van der Waals surface area contributed by atoms with Crippen LogP contribution in [-0.2, 0) is 5.25 Å². The van der Waals surface area contributed by atoms with Gasteiger partial charge in [-0.05, 0) is 30.0 Å². The third-order valence-corrected chi connectivity index (χ3v) is 3.13. The number of halogens is 2. The predicted octanol–water partition coefficient (Wildman–Crippen LogP) is 3.46. The van der Waals surface area contributed by atoms with E-state index >= 15 is 0 Å². The smallest absolute Gasteiger partial charge is 0.375 e. The maximum atomic E-state index is 14.0. The highest BCUT2D eigenvalue weighted by molar-refractivity contribution is 7.99. The Morgan fingerprint density at radius 2 is 1.79 bits per heavy atom. The van der Waals surface area contributed by atoms with Crippen LogP contribution in [0.25, 0.3) is 11.1 Å². The second-order valence-electron chi connectivity index (χ2n) is 3.64. The van der Waals surface area contributed by atoms with Crippen LogP contribution in [0.5, 0.6) is 0 Å². The lowest BCUT2D eigenvalue weighted by atomic mass is 10.3. The average Bonchev–Trinajstić information content (AvgIpc) is 2.84. The predicted molar refractivity (Wildman–Crippen MR) is 65.8 cm³/mol. The van der Waals surface area contributed by atoms with Gasteiger partial charge in [0.05, 0.1) is 0 Å². The Hall–Kier alpha value is -2.02. The van der Waals surface area contributed by atoms with Gasteiger partial charge >= 0.3 is 5.25 Å². The molecule has 0 spiro atoms. The zero-order valence-corrected chi connectivity index (χ0v) is 10.3. The van der Waals surface area contributed by atoms with Gasteiger partial charge in [-0.1, -0.05) is 12.1 Å². The summed E-state index contributed by atoms with van der Waals surface area (Å²) in [5.74, 6) is -0.647. The van der Waals surface area contributed by atoms with Crippen LogP contribution in [0.1, 0.15) is 5.89 Å². The van der Waals surface area contributed by atoms with Crippen LogP contribution in [-0.4, -0.2) is 15.0 Å². The van der Waals surface area contributed by atoms with Crippen LogP contribution < -0.4 is 0 Å². The molecule has 0 atom stereocenters. The highest BCUT2D eigenvalue weighted by Crippen LogP contribution is 2.43. The van der Waals surface area contributed by atoms with Crippen molar-refractivity contribution in [1.82, 2.24) is 15.0 Å². The van der Waals surface area contributed by atoms with E-state index in [9.17, 15) is 8.78 Å². The average molecular weight is 279 g/mol. The minimum absolute atomic E-state index is 0.0326. The van der Waals surface area contributed by atoms with Crippen LogP contribution in [0.15, 0.2) is 52.3 Å². The molecule has 19 heavy (non-hydrogen) atoms. The summed E-state index contributed by atoms with van der Waals surface area (Å²) in [5, 5.41) is -3.35. The lowest BCUT2D eigenvalue weighted by molar-refractivity contribution is 0.0732. The van der Waals surface area contributed by atoms with Gasteiger partial charge in [0.1, 0.15) is 5.52 Å². The maximum absolute atomic E-state index is 14.0. The molecule has 0 amide bonds. The van der Waals surface area contributed by atoms with Gasteiger partial charge in [-0.3, -0.25) is 0 Å². The maximum Gasteiger partial charge on any atom is 0.375 e. The molecule has 2 heterocycles. The van der Waals surface area contributed by atoms with E-state index in [4.69, 9.17) is 4.42 Å². The Labute approximate surface area is 110 Å². The molecule has 3 rings (SSSR count). The fraction of sp³-hybridized carbons (Fsp3) is 0.0833. The van der Waals surface area contributed by atoms with Crippen molar-refractivity contribution in [3.05, 3.63) is 48.6 Å². The van der Waals surface area contributed by atoms with Crippen LogP contribution in [0.4, 0.5) is 8.78 Å². The third-order valence-electron chi connectivity index (χ3n) is 2.30. The molecule has 2 aromatic heterocycles. The lowest BCUT2D eigenvalue weighted by Gasteiger charge is -2.09. The number of alkyl halides is 2. The van der Waals surface area contributed by atoms with E-state index in [0.717, 1.165) is 0 Å². The Bertz CT molecular complexity index is 669. The number of benzene rings is 1. The van der Waals surface area contributed by atoms with Gasteiger partial charge in [0.2, 0.25) is 0 Å². The minimum Gasteiger partial charge on any atom is -0.434 e. The van der Waals surface area contributed by atoms with E-state index in [1.807, 2.05) is 0 Å². The number of hydrogen-bond donors (Lipinski definition) is 0. The largest absolute Gasteiger partial charge is 0.434 e. The SMILES string of the molecule is FC(F)(Sc1ncccn1)c1nc2ccccc2o1. The van der Waals surface area contributed by atoms with Crippen LogP contribution in [0.3, 0.4) is 0 Å². The molecule has 0 aliphatic carbocycles. The molecule has 0 saturated carbocycles. The molecule has 0 radical (unpaired) electrons. The number of para-hydroxylation sites is 2. The van der Waals surface area contributed by atoms with Crippen molar-refractivity contribution in [2.75, 3.05) is 0 Å². The fourth-order valence-electron chi connectivity index (χ4n) is 1.49. The number of thioether (sulfide) groups is 1. The number of fused-ring (bicyclic) bond motifs is 1. The molecular formula is C12H7F2N3OS. The molecule has 0 aliphatic heterocycles. The van der Waals surface area contributed by atoms with Crippen molar-refractivity contribution in [1.29, 1.82) is 0 Å². The number of hydrogen-bond acceptors (Lipinski definition) is 5. The molecule has 4 nitrogen and oxygen atoms in total. The lowest BCUT2D eigenvalue weighted by Crippen LogP contribution is -2.09. The van der Waals surface area contributed by atoms with Gasteiger partial charge in [-0.15, -0.1) is 0 Å². The Balaban J connectivity index is 1.95. The van der Waals surface area contributed by atoms with Crippen molar-refractivity contribution >= 4 is 22.9 Å².